The van der Waals surface area contributed by atoms with Crippen LogP contribution in [0.2, 0.25) is 0 Å². The van der Waals surface area contributed by atoms with Gasteiger partial charge in [-0.05, 0) is 18.2 Å². The fraction of sp³-hybridized carbons (Fsp3) is 0.462. The van der Waals surface area contributed by atoms with Gasteiger partial charge < -0.3 is 20.1 Å². The maximum atomic E-state index is 12.2. The number of hydrogen-bond donors (Lipinski definition) is 2. The maximum Gasteiger partial charge on any atom is 0.258 e. The molecular formula is C13H17ClN2O3. The molecule has 0 bridgehead atoms. The number of ether oxygens (including phenoxy) is 2. The Bertz CT molecular complexity index is 487. The van der Waals surface area contributed by atoms with E-state index in [1.165, 1.54) is 0 Å². The first-order valence-corrected chi connectivity index (χ1v) is 6.13. The van der Waals surface area contributed by atoms with Crippen molar-refractivity contribution in [3.05, 3.63) is 23.8 Å². The van der Waals surface area contributed by atoms with Crippen molar-refractivity contribution >= 4 is 18.3 Å². The second-order valence-electron chi connectivity index (χ2n) is 4.66. The lowest BCUT2D eigenvalue weighted by Gasteiger charge is -2.41. The molecule has 1 aromatic rings. The number of rotatable bonds is 1. The van der Waals surface area contributed by atoms with Gasteiger partial charge >= 0.3 is 0 Å². The molecule has 0 aromatic heterocycles. The summed E-state index contributed by atoms with van der Waals surface area (Å²) in [5, 5.41) is 6.24. The monoisotopic (exact) mass is 284 g/mol. The molecule has 3 rings (SSSR count). The summed E-state index contributed by atoms with van der Waals surface area (Å²) in [6.07, 6.45) is 1.56. The van der Waals surface area contributed by atoms with Gasteiger partial charge in [-0.3, -0.25) is 4.79 Å². The second-order valence-corrected chi connectivity index (χ2v) is 4.66. The van der Waals surface area contributed by atoms with Crippen LogP contribution in [0.3, 0.4) is 0 Å². The molecule has 1 fully saturated rings. The van der Waals surface area contributed by atoms with Gasteiger partial charge in [0.2, 0.25) is 0 Å². The number of hydrogen-bond acceptors (Lipinski definition) is 4. The molecule has 5 nitrogen and oxygen atoms in total. The van der Waals surface area contributed by atoms with Gasteiger partial charge in [0.15, 0.2) is 5.72 Å². The van der Waals surface area contributed by atoms with Crippen molar-refractivity contribution in [3.63, 3.8) is 0 Å². The van der Waals surface area contributed by atoms with Gasteiger partial charge in [-0.1, -0.05) is 0 Å². The lowest BCUT2D eigenvalue weighted by Crippen LogP contribution is -2.60. The average molecular weight is 285 g/mol. The van der Waals surface area contributed by atoms with Crippen LogP contribution in [0.5, 0.6) is 11.5 Å². The van der Waals surface area contributed by atoms with Gasteiger partial charge in [-0.15, -0.1) is 12.4 Å². The van der Waals surface area contributed by atoms with E-state index in [0.29, 0.717) is 17.1 Å². The highest BCUT2D eigenvalue weighted by Gasteiger charge is 2.40. The van der Waals surface area contributed by atoms with E-state index >= 15 is 0 Å². The zero-order valence-corrected chi connectivity index (χ0v) is 11.5. The van der Waals surface area contributed by atoms with Crippen molar-refractivity contribution in [2.24, 2.45) is 0 Å². The Morgan fingerprint density at radius 3 is 2.74 bits per heavy atom. The molecule has 1 aromatic carbocycles. The Hall–Kier alpha value is -1.46. The Morgan fingerprint density at radius 1 is 1.32 bits per heavy atom. The molecule has 2 N–H and O–H groups in total. The van der Waals surface area contributed by atoms with Crippen molar-refractivity contribution in [1.82, 2.24) is 10.6 Å². The number of nitrogens with one attached hydrogen (secondary N) is 2. The number of halogens is 1. The Balaban J connectivity index is 0.00000133. The standard InChI is InChI=1S/C13H16N2O3.ClH/c1-17-9-2-3-11-10(8-9)12(16)15-13(18-11)4-6-14-7-5-13;/h2-3,8,14H,4-7H2,1H3,(H,15,16);1H. The van der Waals surface area contributed by atoms with Crippen molar-refractivity contribution in [2.75, 3.05) is 20.2 Å². The minimum absolute atomic E-state index is 0. The number of fused-ring (bicyclic) bond motifs is 1. The van der Waals surface area contributed by atoms with Crippen LogP contribution in [0, 0.1) is 0 Å². The lowest BCUT2D eigenvalue weighted by molar-refractivity contribution is -0.00359. The van der Waals surface area contributed by atoms with Crippen molar-refractivity contribution in [2.45, 2.75) is 18.6 Å². The highest BCUT2D eigenvalue weighted by Crippen LogP contribution is 2.34. The van der Waals surface area contributed by atoms with E-state index in [-0.39, 0.29) is 18.3 Å². The summed E-state index contributed by atoms with van der Waals surface area (Å²) in [5.74, 6) is 1.22. The van der Waals surface area contributed by atoms with E-state index in [1.807, 2.05) is 6.07 Å². The van der Waals surface area contributed by atoms with Gasteiger partial charge in [0.1, 0.15) is 11.5 Å². The molecule has 0 unspecified atom stereocenters. The normalized spacial score (nSPS) is 19.7. The largest absolute Gasteiger partial charge is 0.497 e. The summed E-state index contributed by atoms with van der Waals surface area (Å²) in [4.78, 5) is 12.2. The highest BCUT2D eigenvalue weighted by molar-refractivity contribution is 5.98. The van der Waals surface area contributed by atoms with Gasteiger partial charge in [0.05, 0.1) is 12.7 Å². The zero-order valence-electron chi connectivity index (χ0n) is 10.7. The third kappa shape index (κ3) is 2.48. The van der Waals surface area contributed by atoms with Gasteiger partial charge in [0, 0.05) is 25.9 Å². The summed E-state index contributed by atoms with van der Waals surface area (Å²) < 4.78 is 11.1. The van der Waals surface area contributed by atoms with Crippen LogP contribution in [0.1, 0.15) is 23.2 Å². The lowest BCUT2D eigenvalue weighted by atomic mass is 9.98. The summed E-state index contributed by atoms with van der Waals surface area (Å²) in [6.45, 7) is 1.71. The molecule has 1 saturated heterocycles. The molecule has 2 aliphatic heterocycles. The minimum atomic E-state index is -0.538. The predicted octanol–water partition coefficient (Wildman–Crippen LogP) is 1.32. The summed E-state index contributed by atoms with van der Waals surface area (Å²) in [6, 6.07) is 5.32. The Morgan fingerprint density at radius 2 is 2.05 bits per heavy atom. The first-order chi connectivity index (χ1) is 8.72. The maximum absolute atomic E-state index is 12.2. The predicted molar refractivity (Wildman–Crippen MR) is 73.2 cm³/mol. The van der Waals surface area contributed by atoms with Crippen molar-refractivity contribution in [3.8, 4) is 11.5 Å². The van der Waals surface area contributed by atoms with Gasteiger partial charge in [-0.2, -0.15) is 0 Å². The first-order valence-electron chi connectivity index (χ1n) is 6.13. The summed E-state index contributed by atoms with van der Waals surface area (Å²) >= 11 is 0. The Kier molecular flexibility index (Phi) is 3.87. The second kappa shape index (κ2) is 5.27. The third-order valence-corrected chi connectivity index (χ3v) is 3.49. The van der Waals surface area contributed by atoms with Crippen LogP contribution < -0.4 is 20.1 Å². The topological polar surface area (TPSA) is 59.6 Å². The molecule has 1 amide bonds. The van der Waals surface area contributed by atoms with E-state index in [2.05, 4.69) is 10.6 Å². The van der Waals surface area contributed by atoms with E-state index in [1.54, 1.807) is 19.2 Å². The molecule has 6 heteroatoms. The van der Waals surface area contributed by atoms with Crippen molar-refractivity contribution < 1.29 is 14.3 Å². The van der Waals surface area contributed by atoms with Crippen molar-refractivity contribution in [1.29, 1.82) is 0 Å². The molecule has 0 radical (unpaired) electrons. The van der Waals surface area contributed by atoms with Crippen LogP contribution in [0.15, 0.2) is 18.2 Å². The molecule has 0 atom stereocenters. The van der Waals surface area contributed by atoms with Crippen LogP contribution in [0.4, 0.5) is 0 Å². The molecule has 2 aliphatic rings. The third-order valence-electron chi connectivity index (χ3n) is 3.49. The fourth-order valence-corrected chi connectivity index (χ4v) is 2.47. The fourth-order valence-electron chi connectivity index (χ4n) is 2.47. The SMILES string of the molecule is COc1ccc2c(c1)C(=O)NC1(CCNCC1)O2.Cl. The molecule has 104 valence electrons. The van der Waals surface area contributed by atoms with E-state index < -0.39 is 5.72 Å². The van der Waals surface area contributed by atoms with Crippen LogP contribution in [-0.4, -0.2) is 31.8 Å². The molecule has 1 spiro atoms. The molecule has 0 aliphatic carbocycles. The Labute approximate surface area is 118 Å². The number of methoxy groups -OCH3 is 1. The van der Waals surface area contributed by atoms with Crippen LogP contribution >= 0.6 is 12.4 Å². The first kappa shape index (κ1) is 14.0. The molecule has 0 saturated carbocycles. The summed E-state index contributed by atoms with van der Waals surface area (Å²) in [7, 11) is 1.58. The van der Waals surface area contributed by atoms with E-state index in [4.69, 9.17) is 9.47 Å². The quantitative estimate of drug-likeness (QED) is 0.817. The number of carbonyl (C=O) groups excluding carboxylic acids is 1. The van der Waals surface area contributed by atoms with E-state index in [0.717, 1.165) is 25.9 Å². The average Bonchev–Trinajstić information content (AvgIpc) is 2.39. The zero-order chi connectivity index (χ0) is 12.6. The number of amides is 1. The smallest absolute Gasteiger partial charge is 0.258 e. The summed E-state index contributed by atoms with van der Waals surface area (Å²) in [5.41, 5.74) is 0.00251. The minimum Gasteiger partial charge on any atom is -0.497 e. The molecular weight excluding hydrogens is 268 g/mol. The van der Waals surface area contributed by atoms with Crippen LogP contribution in [0.25, 0.3) is 0 Å². The number of carbonyl (C=O) groups is 1. The molecule has 2 heterocycles. The number of piperidine rings is 1. The molecule has 19 heavy (non-hydrogen) atoms. The van der Waals surface area contributed by atoms with Gasteiger partial charge in [-0.25, -0.2) is 0 Å². The van der Waals surface area contributed by atoms with Crippen LogP contribution in [-0.2, 0) is 0 Å². The highest BCUT2D eigenvalue weighted by atomic mass is 35.5. The van der Waals surface area contributed by atoms with Gasteiger partial charge in [0.25, 0.3) is 5.91 Å². The van der Waals surface area contributed by atoms with E-state index in [9.17, 15) is 4.79 Å². The number of benzene rings is 1.